The van der Waals surface area contributed by atoms with Crippen LogP contribution in [0.2, 0.25) is 0 Å². The number of aryl methyl sites for hydroxylation is 1. The minimum absolute atomic E-state index is 0.0985. The number of ketones is 1. The third kappa shape index (κ3) is 3.91. The molecule has 1 rings (SSSR count). The van der Waals surface area contributed by atoms with Crippen LogP contribution in [0.5, 0.6) is 0 Å². The third-order valence-corrected chi connectivity index (χ3v) is 3.51. The normalized spacial score (nSPS) is 11.3. The number of nitrogens with zero attached hydrogens (tertiary/aromatic N) is 2. The van der Waals surface area contributed by atoms with Crippen LogP contribution in [0.4, 0.5) is 0 Å². The molecule has 1 N–H and O–H groups in total. The molecule has 0 aliphatic carbocycles. The number of hydrogen-bond acceptors (Lipinski definition) is 3. The zero-order chi connectivity index (χ0) is 14.4. The van der Waals surface area contributed by atoms with E-state index in [9.17, 15) is 4.79 Å². The highest BCUT2D eigenvalue weighted by molar-refractivity contribution is 5.99. The van der Waals surface area contributed by atoms with Crippen molar-refractivity contribution in [2.75, 3.05) is 26.2 Å². The molecular formula is C15H26N2O2. The van der Waals surface area contributed by atoms with Gasteiger partial charge < -0.3 is 9.67 Å². The first-order valence-electron chi connectivity index (χ1n) is 7.08. The zero-order valence-corrected chi connectivity index (χ0v) is 12.6. The van der Waals surface area contributed by atoms with Crippen molar-refractivity contribution in [2.45, 2.75) is 40.7 Å². The van der Waals surface area contributed by atoms with Crippen LogP contribution in [0.15, 0.2) is 6.07 Å². The van der Waals surface area contributed by atoms with Crippen molar-refractivity contribution in [3.8, 4) is 0 Å². The smallest absolute Gasteiger partial charge is 0.178 e. The highest BCUT2D eigenvalue weighted by Crippen LogP contribution is 2.16. The summed E-state index contributed by atoms with van der Waals surface area (Å²) >= 11 is 0. The number of carbonyl (C=O) groups is 1. The van der Waals surface area contributed by atoms with E-state index in [2.05, 4.69) is 18.4 Å². The Morgan fingerprint density at radius 2 is 2.00 bits per heavy atom. The lowest BCUT2D eigenvalue weighted by atomic mass is 10.1. The first-order chi connectivity index (χ1) is 9.04. The van der Waals surface area contributed by atoms with Gasteiger partial charge in [0.15, 0.2) is 5.78 Å². The zero-order valence-electron chi connectivity index (χ0n) is 12.6. The average molecular weight is 266 g/mol. The molecule has 1 aromatic rings. The summed E-state index contributed by atoms with van der Waals surface area (Å²) in [7, 11) is 0. The van der Waals surface area contributed by atoms with E-state index in [1.165, 1.54) is 0 Å². The number of carbonyl (C=O) groups excluding carboxylic acids is 1. The first-order valence-corrected chi connectivity index (χ1v) is 7.08. The summed E-state index contributed by atoms with van der Waals surface area (Å²) in [5.41, 5.74) is 3.00. The lowest BCUT2D eigenvalue weighted by molar-refractivity contribution is 0.0914. The van der Waals surface area contributed by atoms with E-state index in [1.807, 2.05) is 24.8 Å². The quantitative estimate of drug-likeness (QED) is 0.732. The van der Waals surface area contributed by atoms with Gasteiger partial charge in [0.1, 0.15) is 0 Å². The monoisotopic (exact) mass is 266 g/mol. The Morgan fingerprint density at radius 1 is 1.32 bits per heavy atom. The van der Waals surface area contributed by atoms with Crippen LogP contribution < -0.4 is 0 Å². The fraction of sp³-hybridized carbons (Fsp3) is 0.667. The maximum Gasteiger partial charge on any atom is 0.178 e. The number of aliphatic hydroxyl groups is 1. The average Bonchev–Trinajstić information content (AvgIpc) is 2.65. The molecule has 0 aromatic carbocycles. The van der Waals surface area contributed by atoms with E-state index < -0.39 is 0 Å². The first kappa shape index (κ1) is 15.9. The summed E-state index contributed by atoms with van der Waals surface area (Å²) in [5, 5.41) is 9.03. The second-order valence-corrected chi connectivity index (χ2v) is 4.95. The molecule has 108 valence electrons. The van der Waals surface area contributed by atoms with E-state index in [1.54, 1.807) is 0 Å². The Labute approximate surface area is 116 Å². The summed E-state index contributed by atoms with van der Waals surface area (Å²) in [6.07, 6.45) is 0.987. The molecule has 0 aliphatic heterocycles. The lowest BCUT2D eigenvalue weighted by Gasteiger charge is -2.19. The van der Waals surface area contributed by atoms with Gasteiger partial charge in [0, 0.05) is 30.0 Å². The van der Waals surface area contributed by atoms with Crippen LogP contribution in [-0.2, 0) is 6.54 Å². The molecule has 19 heavy (non-hydrogen) atoms. The van der Waals surface area contributed by atoms with Crippen molar-refractivity contribution >= 4 is 5.78 Å². The molecule has 0 saturated carbocycles. The molecule has 4 heteroatoms. The van der Waals surface area contributed by atoms with Crippen molar-refractivity contribution in [3.05, 3.63) is 23.0 Å². The molecule has 4 nitrogen and oxygen atoms in total. The van der Waals surface area contributed by atoms with Crippen LogP contribution in [0.25, 0.3) is 0 Å². The number of Topliss-reactive ketones (excluding diaryl/α,β-unsaturated/α-hetero) is 1. The van der Waals surface area contributed by atoms with E-state index >= 15 is 0 Å². The summed E-state index contributed by atoms with van der Waals surface area (Å²) in [4.78, 5) is 14.4. The predicted molar refractivity (Wildman–Crippen MR) is 77.7 cm³/mol. The van der Waals surface area contributed by atoms with Crippen LogP contribution in [0.1, 0.15) is 42.0 Å². The Morgan fingerprint density at radius 3 is 2.47 bits per heavy atom. The van der Waals surface area contributed by atoms with Crippen LogP contribution >= 0.6 is 0 Å². The van der Waals surface area contributed by atoms with Gasteiger partial charge in [-0.05, 0) is 39.8 Å². The second-order valence-electron chi connectivity index (χ2n) is 4.95. The second kappa shape index (κ2) is 7.46. The molecule has 0 fully saturated rings. The van der Waals surface area contributed by atoms with Gasteiger partial charge in [0.2, 0.25) is 0 Å². The SMILES string of the molecule is CCCN(CCO)CC(=O)c1cc(C)n(CC)c1C. The summed E-state index contributed by atoms with van der Waals surface area (Å²) in [6, 6.07) is 1.98. The predicted octanol–water partition coefficient (Wildman–Crippen LogP) is 2.01. The minimum atomic E-state index is 0.0985. The van der Waals surface area contributed by atoms with Crippen molar-refractivity contribution in [3.63, 3.8) is 0 Å². The fourth-order valence-electron chi connectivity index (χ4n) is 2.59. The van der Waals surface area contributed by atoms with Gasteiger partial charge in [-0.2, -0.15) is 0 Å². The maximum atomic E-state index is 12.4. The van der Waals surface area contributed by atoms with Crippen LogP contribution in [-0.4, -0.2) is 46.6 Å². The van der Waals surface area contributed by atoms with E-state index in [0.29, 0.717) is 13.1 Å². The topological polar surface area (TPSA) is 45.5 Å². The van der Waals surface area contributed by atoms with Gasteiger partial charge in [0.05, 0.1) is 13.2 Å². The van der Waals surface area contributed by atoms with E-state index in [0.717, 1.165) is 36.5 Å². The van der Waals surface area contributed by atoms with E-state index in [4.69, 9.17) is 5.11 Å². The summed E-state index contributed by atoms with van der Waals surface area (Å²) in [5.74, 6) is 0.148. The molecule has 1 heterocycles. The van der Waals surface area contributed by atoms with Crippen LogP contribution in [0.3, 0.4) is 0 Å². The standard InChI is InChI=1S/C15H26N2O2/c1-5-7-16(8-9-18)11-15(19)14-10-12(3)17(6-2)13(14)4/h10,18H,5-9,11H2,1-4H3. The van der Waals surface area contributed by atoms with Gasteiger partial charge >= 0.3 is 0 Å². The molecule has 0 atom stereocenters. The molecule has 0 saturated heterocycles. The van der Waals surface area contributed by atoms with Gasteiger partial charge in [0.25, 0.3) is 0 Å². The number of aliphatic hydroxyl groups excluding tert-OH is 1. The number of rotatable bonds is 8. The molecule has 1 aromatic heterocycles. The Kier molecular flexibility index (Phi) is 6.25. The molecule has 0 unspecified atom stereocenters. The highest BCUT2D eigenvalue weighted by atomic mass is 16.3. The van der Waals surface area contributed by atoms with Crippen molar-refractivity contribution < 1.29 is 9.90 Å². The molecule has 0 radical (unpaired) electrons. The van der Waals surface area contributed by atoms with Crippen LogP contribution in [0, 0.1) is 13.8 Å². The summed E-state index contributed by atoms with van der Waals surface area (Å²) in [6.45, 7) is 11.0. The highest BCUT2D eigenvalue weighted by Gasteiger charge is 2.17. The minimum Gasteiger partial charge on any atom is -0.395 e. The Hall–Kier alpha value is -1.13. The molecule has 0 spiro atoms. The maximum absolute atomic E-state index is 12.4. The molecule has 0 aliphatic rings. The Bertz CT molecular complexity index is 418. The third-order valence-electron chi connectivity index (χ3n) is 3.51. The van der Waals surface area contributed by atoms with Gasteiger partial charge in [-0.15, -0.1) is 0 Å². The van der Waals surface area contributed by atoms with Crippen molar-refractivity contribution in [2.24, 2.45) is 0 Å². The van der Waals surface area contributed by atoms with E-state index in [-0.39, 0.29) is 12.4 Å². The summed E-state index contributed by atoms with van der Waals surface area (Å²) < 4.78 is 2.16. The molecule has 0 amide bonds. The fourth-order valence-corrected chi connectivity index (χ4v) is 2.59. The van der Waals surface area contributed by atoms with Gasteiger partial charge in [-0.1, -0.05) is 6.92 Å². The largest absolute Gasteiger partial charge is 0.395 e. The van der Waals surface area contributed by atoms with Crippen molar-refractivity contribution in [1.29, 1.82) is 0 Å². The van der Waals surface area contributed by atoms with Crippen molar-refractivity contribution in [1.82, 2.24) is 9.47 Å². The van der Waals surface area contributed by atoms with Gasteiger partial charge in [-0.25, -0.2) is 0 Å². The Balaban J connectivity index is 2.82. The molecular weight excluding hydrogens is 240 g/mol. The number of hydrogen-bond donors (Lipinski definition) is 1. The lowest BCUT2D eigenvalue weighted by Crippen LogP contribution is -2.33. The molecule has 0 bridgehead atoms. The van der Waals surface area contributed by atoms with Gasteiger partial charge in [-0.3, -0.25) is 9.69 Å². The number of aromatic nitrogens is 1.